The molecule has 0 aromatic heterocycles. The maximum absolute atomic E-state index is 12.9. The van der Waals surface area contributed by atoms with Gasteiger partial charge in [0.2, 0.25) is 0 Å². The molecule has 1 unspecified atom stereocenters. The number of esters is 2. The van der Waals surface area contributed by atoms with Gasteiger partial charge < -0.3 is 19.4 Å². The highest BCUT2D eigenvalue weighted by Crippen LogP contribution is 2.29. The molecule has 0 aliphatic carbocycles. The molecule has 0 saturated heterocycles. The van der Waals surface area contributed by atoms with Gasteiger partial charge in [0.25, 0.3) is 0 Å². The molecule has 168 valence electrons. The van der Waals surface area contributed by atoms with Crippen molar-refractivity contribution >= 4 is 22.1 Å². The van der Waals surface area contributed by atoms with Gasteiger partial charge in [-0.3, -0.25) is 4.79 Å². The zero-order chi connectivity index (χ0) is 23.3. The molecule has 0 bridgehead atoms. The second kappa shape index (κ2) is 9.49. The van der Waals surface area contributed by atoms with E-state index in [1.54, 1.807) is 32.9 Å². The topological polar surface area (TPSA) is 122 Å². The monoisotopic (exact) mass is 449 g/mol. The number of carbonyl (C=O) groups excluding carboxylic acids is 2. The summed E-state index contributed by atoms with van der Waals surface area (Å²) < 4.78 is 38.1. The van der Waals surface area contributed by atoms with Gasteiger partial charge in [0, 0.05) is 0 Å². The van der Waals surface area contributed by atoms with Crippen molar-refractivity contribution in [2.45, 2.75) is 44.9 Å². The smallest absolute Gasteiger partial charge is 0.331 e. The highest BCUT2D eigenvalue weighted by Gasteiger charge is 2.42. The van der Waals surface area contributed by atoms with Gasteiger partial charge in [-0.2, -0.15) is 8.42 Å². The molecule has 2 N–H and O–H groups in total. The number of ether oxygens (including phenoxy) is 2. The van der Waals surface area contributed by atoms with Crippen LogP contribution in [0.1, 0.15) is 38.3 Å². The highest BCUT2D eigenvalue weighted by molar-refractivity contribution is 7.86. The first-order chi connectivity index (χ1) is 14.3. The number of rotatable bonds is 8. The van der Waals surface area contributed by atoms with Crippen LogP contribution in [0.3, 0.4) is 0 Å². The van der Waals surface area contributed by atoms with Crippen LogP contribution in [0.5, 0.6) is 5.75 Å². The SMILES string of the molecule is CC(C)(C)OC(=O)C(N)(CC(=O)OCc1ccccc1)c1ccc(OS(C)(=O)=O)cc1. The Bertz CT molecular complexity index is 1010. The van der Waals surface area contributed by atoms with Crippen molar-refractivity contribution in [2.75, 3.05) is 6.26 Å². The summed E-state index contributed by atoms with van der Waals surface area (Å²) >= 11 is 0. The van der Waals surface area contributed by atoms with Crippen LogP contribution in [0.25, 0.3) is 0 Å². The van der Waals surface area contributed by atoms with Crippen molar-refractivity contribution in [3.8, 4) is 5.75 Å². The van der Waals surface area contributed by atoms with Crippen LogP contribution in [-0.4, -0.2) is 32.2 Å². The molecular weight excluding hydrogens is 422 g/mol. The number of hydrogen-bond acceptors (Lipinski definition) is 8. The van der Waals surface area contributed by atoms with E-state index in [4.69, 9.17) is 19.4 Å². The zero-order valence-corrected chi connectivity index (χ0v) is 18.8. The fraction of sp³-hybridized carbons (Fsp3) is 0.364. The molecule has 0 radical (unpaired) electrons. The van der Waals surface area contributed by atoms with Crippen LogP contribution >= 0.6 is 0 Å². The summed E-state index contributed by atoms with van der Waals surface area (Å²) in [6, 6.07) is 14.6. The third-order valence-electron chi connectivity index (χ3n) is 4.05. The van der Waals surface area contributed by atoms with Crippen molar-refractivity contribution in [2.24, 2.45) is 5.73 Å². The maximum Gasteiger partial charge on any atom is 0.331 e. The Balaban J connectivity index is 2.26. The Morgan fingerprint density at radius 3 is 2.06 bits per heavy atom. The third kappa shape index (κ3) is 7.69. The summed E-state index contributed by atoms with van der Waals surface area (Å²) in [5.41, 5.74) is 4.74. The maximum atomic E-state index is 12.9. The molecule has 8 nitrogen and oxygen atoms in total. The van der Waals surface area contributed by atoms with E-state index < -0.39 is 39.6 Å². The van der Waals surface area contributed by atoms with Crippen LogP contribution < -0.4 is 9.92 Å². The molecule has 0 fully saturated rings. The Morgan fingerprint density at radius 1 is 0.968 bits per heavy atom. The lowest BCUT2D eigenvalue weighted by Crippen LogP contribution is -2.50. The van der Waals surface area contributed by atoms with E-state index in [0.717, 1.165) is 11.8 Å². The molecule has 9 heteroatoms. The molecule has 2 aromatic carbocycles. The van der Waals surface area contributed by atoms with Crippen LogP contribution in [0.4, 0.5) is 0 Å². The van der Waals surface area contributed by atoms with Gasteiger partial charge in [0.15, 0.2) is 5.54 Å². The minimum atomic E-state index is -3.72. The Hall–Kier alpha value is -2.91. The van der Waals surface area contributed by atoms with Crippen molar-refractivity contribution in [3.63, 3.8) is 0 Å². The fourth-order valence-corrected chi connectivity index (χ4v) is 3.12. The summed E-state index contributed by atoms with van der Waals surface area (Å²) in [5.74, 6) is -1.45. The second-order valence-corrected chi connectivity index (χ2v) is 9.68. The van der Waals surface area contributed by atoms with Gasteiger partial charge in [0.05, 0.1) is 12.7 Å². The summed E-state index contributed by atoms with van der Waals surface area (Å²) in [6.45, 7) is 5.08. The van der Waals surface area contributed by atoms with Gasteiger partial charge in [0.1, 0.15) is 18.0 Å². The molecule has 0 heterocycles. The van der Waals surface area contributed by atoms with E-state index in [1.807, 2.05) is 18.2 Å². The first-order valence-corrected chi connectivity index (χ1v) is 11.3. The quantitative estimate of drug-likeness (QED) is 0.482. The molecular formula is C22H27NO7S. The van der Waals surface area contributed by atoms with Crippen LogP contribution in [0.2, 0.25) is 0 Å². The molecule has 2 rings (SSSR count). The average molecular weight is 450 g/mol. The third-order valence-corrected chi connectivity index (χ3v) is 4.54. The fourth-order valence-electron chi connectivity index (χ4n) is 2.66. The van der Waals surface area contributed by atoms with E-state index in [2.05, 4.69) is 0 Å². The van der Waals surface area contributed by atoms with Crippen molar-refractivity contribution in [1.82, 2.24) is 0 Å². The molecule has 0 spiro atoms. The van der Waals surface area contributed by atoms with Gasteiger partial charge in [-0.05, 0) is 44.0 Å². The van der Waals surface area contributed by atoms with E-state index in [0.29, 0.717) is 0 Å². The van der Waals surface area contributed by atoms with Gasteiger partial charge >= 0.3 is 22.1 Å². The predicted octanol–water partition coefficient (Wildman–Crippen LogP) is 2.65. The van der Waals surface area contributed by atoms with E-state index >= 15 is 0 Å². The number of hydrogen-bond donors (Lipinski definition) is 1. The van der Waals surface area contributed by atoms with E-state index in [1.165, 1.54) is 24.3 Å². The molecule has 1 atom stereocenters. The van der Waals surface area contributed by atoms with Crippen molar-refractivity contribution in [3.05, 3.63) is 65.7 Å². The lowest BCUT2D eigenvalue weighted by Gasteiger charge is -2.31. The Labute approximate surface area is 182 Å². The van der Waals surface area contributed by atoms with Crippen LogP contribution in [-0.2, 0) is 41.3 Å². The van der Waals surface area contributed by atoms with Gasteiger partial charge in [-0.25, -0.2) is 4.79 Å². The Kier molecular flexibility index (Phi) is 7.45. The minimum Gasteiger partial charge on any atom is -0.461 e. The first kappa shape index (κ1) is 24.4. The normalized spacial score (nSPS) is 13.7. The average Bonchev–Trinajstić information content (AvgIpc) is 2.65. The summed E-state index contributed by atoms with van der Waals surface area (Å²) in [4.78, 5) is 25.4. The van der Waals surface area contributed by atoms with E-state index in [-0.39, 0.29) is 17.9 Å². The second-order valence-electron chi connectivity index (χ2n) is 8.11. The highest BCUT2D eigenvalue weighted by atomic mass is 32.2. The molecule has 0 aliphatic heterocycles. The number of carbonyl (C=O) groups is 2. The molecule has 0 aliphatic rings. The summed E-state index contributed by atoms with van der Waals surface area (Å²) in [6.07, 6.45) is 0.443. The zero-order valence-electron chi connectivity index (χ0n) is 18.0. The summed E-state index contributed by atoms with van der Waals surface area (Å²) in [5, 5.41) is 0. The van der Waals surface area contributed by atoms with E-state index in [9.17, 15) is 18.0 Å². The number of benzene rings is 2. The van der Waals surface area contributed by atoms with Crippen LogP contribution in [0, 0.1) is 0 Å². The first-order valence-electron chi connectivity index (χ1n) is 9.50. The standard InChI is InChI=1S/C22H27NO7S/c1-21(2,3)29-20(25)22(23,14-19(24)28-15-16-8-6-5-7-9-16)17-10-12-18(13-11-17)30-31(4,26)27/h5-13H,14-15,23H2,1-4H3. The number of nitrogens with two attached hydrogens (primary N) is 1. The lowest BCUT2D eigenvalue weighted by molar-refractivity contribution is -0.166. The molecule has 0 saturated carbocycles. The lowest BCUT2D eigenvalue weighted by atomic mass is 9.87. The van der Waals surface area contributed by atoms with Crippen molar-refractivity contribution < 1.29 is 31.7 Å². The molecule has 2 aromatic rings. The molecule has 0 amide bonds. The minimum absolute atomic E-state index is 0.0329. The predicted molar refractivity (Wildman–Crippen MR) is 114 cm³/mol. The molecule has 31 heavy (non-hydrogen) atoms. The van der Waals surface area contributed by atoms with Gasteiger partial charge in [-0.1, -0.05) is 42.5 Å². The Morgan fingerprint density at radius 2 is 1.55 bits per heavy atom. The van der Waals surface area contributed by atoms with Gasteiger partial charge in [-0.15, -0.1) is 0 Å². The summed E-state index contributed by atoms with van der Waals surface area (Å²) in [7, 11) is -3.72. The van der Waals surface area contributed by atoms with Crippen LogP contribution in [0.15, 0.2) is 54.6 Å². The largest absolute Gasteiger partial charge is 0.461 e. The van der Waals surface area contributed by atoms with Crippen molar-refractivity contribution in [1.29, 1.82) is 0 Å².